The second-order valence-corrected chi connectivity index (χ2v) is 2.08. The molecule has 0 amide bonds. The first-order valence-electron chi connectivity index (χ1n) is 3.00. The fourth-order valence-electron chi connectivity index (χ4n) is 0.925. The Balaban J connectivity index is 2.45. The van der Waals surface area contributed by atoms with Gasteiger partial charge in [-0.05, 0) is 0 Å². The van der Waals surface area contributed by atoms with Crippen molar-refractivity contribution in [1.82, 2.24) is 0 Å². The molecule has 0 fully saturated rings. The van der Waals surface area contributed by atoms with Gasteiger partial charge >= 0.3 is 0 Å². The maximum atomic E-state index is 5.36. The van der Waals surface area contributed by atoms with Gasteiger partial charge in [0.1, 0.15) is 5.70 Å². The Bertz CT molecular complexity index is 282. The summed E-state index contributed by atoms with van der Waals surface area (Å²) in [6.45, 7) is 0. The summed E-state index contributed by atoms with van der Waals surface area (Å²) in [5.74, 6) is 0.340. The average molecular weight is 134 g/mol. The summed E-state index contributed by atoms with van der Waals surface area (Å²) in [6, 6.07) is 0. The lowest BCUT2D eigenvalue weighted by molar-refractivity contribution is 1.35. The molecule has 0 radical (unpaired) electrons. The van der Waals surface area contributed by atoms with Gasteiger partial charge in [0.2, 0.25) is 5.96 Å². The maximum Gasteiger partial charge on any atom is 0.220 e. The van der Waals surface area contributed by atoms with E-state index in [1.807, 2.05) is 0 Å². The Morgan fingerprint density at radius 1 is 1.40 bits per heavy atom. The Morgan fingerprint density at radius 3 is 3.10 bits per heavy atom. The minimum Gasteiger partial charge on any atom is -0.368 e. The Kier molecular flexibility index (Phi) is 0.943. The molecule has 0 saturated carbocycles. The molecule has 0 atom stereocenters. The van der Waals surface area contributed by atoms with Crippen molar-refractivity contribution in [2.45, 2.75) is 6.42 Å². The molecular weight excluding hydrogens is 128 g/mol. The summed E-state index contributed by atoms with van der Waals surface area (Å²) in [4.78, 5) is 11.9. The van der Waals surface area contributed by atoms with Crippen molar-refractivity contribution in [3.8, 4) is 0 Å². The number of aliphatic imine (C=N–C) groups is 3. The third-order valence-corrected chi connectivity index (χ3v) is 1.37. The number of guanidine groups is 1. The second-order valence-electron chi connectivity index (χ2n) is 2.08. The molecule has 0 saturated heterocycles. The summed E-state index contributed by atoms with van der Waals surface area (Å²) >= 11 is 0. The molecule has 10 heavy (non-hydrogen) atoms. The van der Waals surface area contributed by atoms with Crippen LogP contribution in [0.4, 0.5) is 0 Å². The smallest absolute Gasteiger partial charge is 0.220 e. The second kappa shape index (κ2) is 1.76. The largest absolute Gasteiger partial charge is 0.368 e. The molecule has 2 aliphatic rings. The van der Waals surface area contributed by atoms with Gasteiger partial charge in [0.25, 0.3) is 0 Å². The first-order chi connectivity index (χ1) is 4.86. The lowest BCUT2D eigenvalue weighted by Gasteiger charge is -1.98. The number of nitrogens with zero attached hydrogens (tertiary/aromatic N) is 3. The van der Waals surface area contributed by atoms with Gasteiger partial charge in [0.15, 0.2) is 0 Å². The van der Waals surface area contributed by atoms with Crippen molar-refractivity contribution in [3.05, 3.63) is 11.9 Å². The summed E-state index contributed by atoms with van der Waals surface area (Å²) in [5.41, 5.74) is 7.09. The molecule has 4 nitrogen and oxygen atoms in total. The van der Waals surface area contributed by atoms with E-state index in [9.17, 15) is 0 Å². The van der Waals surface area contributed by atoms with Crippen molar-refractivity contribution in [3.63, 3.8) is 0 Å². The van der Waals surface area contributed by atoms with Crippen molar-refractivity contribution in [2.75, 3.05) is 0 Å². The summed E-state index contributed by atoms with van der Waals surface area (Å²) in [6.07, 6.45) is 4.20. The first kappa shape index (κ1) is 5.34. The van der Waals surface area contributed by atoms with Crippen LogP contribution in [0, 0.1) is 0 Å². The van der Waals surface area contributed by atoms with E-state index in [4.69, 9.17) is 5.73 Å². The van der Waals surface area contributed by atoms with Gasteiger partial charge < -0.3 is 5.73 Å². The minimum absolute atomic E-state index is 0.340. The fraction of sp³-hybridized carbons (Fsp3) is 0.167. The predicted octanol–water partition coefficient (Wildman–Crippen LogP) is 0.0716. The highest BCUT2D eigenvalue weighted by Crippen LogP contribution is 2.13. The normalized spacial score (nSPS) is 21.4. The molecule has 0 bridgehead atoms. The number of hydrogen-bond acceptors (Lipinski definition) is 4. The number of hydrogen-bond donors (Lipinski definition) is 1. The van der Waals surface area contributed by atoms with Crippen LogP contribution in [-0.4, -0.2) is 17.9 Å². The quantitative estimate of drug-likeness (QED) is 0.500. The van der Waals surface area contributed by atoms with E-state index < -0.39 is 0 Å². The van der Waals surface area contributed by atoms with E-state index in [-0.39, 0.29) is 0 Å². The van der Waals surface area contributed by atoms with Crippen molar-refractivity contribution in [2.24, 2.45) is 20.7 Å². The van der Waals surface area contributed by atoms with E-state index in [2.05, 4.69) is 15.0 Å². The number of fused-ring (bicyclic) bond motifs is 1. The zero-order chi connectivity index (χ0) is 6.97. The molecule has 0 aliphatic carbocycles. The predicted molar refractivity (Wildman–Crippen MR) is 40.2 cm³/mol. The summed E-state index contributed by atoms with van der Waals surface area (Å²) in [5, 5.41) is 0. The summed E-state index contributed by atoms with van der Waals surface area (Å²) < 4.78 is 0. The Morgan fingerprint density at radius 2 is 2.30 bits per heavy atom. The van der Waals surface area contributed by atoms with Gasteiger partial charge in [0, 0.05) is 12.6 Å². The maximum absolute atomic E-state index is 5.36. The molecule has 0 aromatic rings. The Labute approximate surface area is 57.9 Å². The van der Waals surface area contributed by atoms with Crippen LogP contribution in [0.3, 0.4) is 0 Å². The molecule has 4 heteroatoms. The van der Waals surface area contributed by atoms with Gasteiger partial charge in [-0.15, -0.1) is 0 Å². The van der Waals surface area contributed by atoms with Crippen molar-refractivity contribution in [1.29, 1.82) is 0 Å². The molecule has 50 valence electrons. The molecule has 0 spiro atoms. The molecule has 2 rings (SSSR count). The number of rotatable bonds is 0. The highest BCUT2D eigenvalue weighted by atomic mass is 15.1. The SMILES string of the molecule is NC1=NC2=CN=CCC2=N1. The molecule has 0 aromatic carbocycles. The average Bonchev–Trinajstić information content (AvgIpc) is 2.27. The van der Waals surface area contributed by atoms with Crippen LogP contribution in [0.1, 0.15) is 6.42 Å². The third-order valence-electron chi connectivity index (χ3n) is 1.37. The summed E-state index contributed by atoms with van der Waals surface area (Å²) in [7, 11) is 0. The fourth-order valence-corrected chi connectivity index (χ4v) is 0.925. The van der Waals surface area contributed by atoms with Crippen molar-refractivity contribution >= 4 is 17.9 Å². The highest BCUT2D eigenvalue weighted by Gasteiger charge is 2.14. The monoisotopic (exact) mass is 134 g/mol. The van der Waals surface area contributed by atoms with Crippen LogP contribution in [0.5, 0.6) is 0 Å². The first-order valence-corrected chi connectivity index (χ1v) is 3.00. The van der Waals surface area contributed by atoms with Crippen LogP contribution in [0.25, 0.3) is 0 Å². The topological polar surface area (TPSA) is 63.1 Å². The van der Waals surface area contributed by atoms with Gasteiger partial charge in [-0.25, -0.2) is 9.98 Å². The lowest BCUT2D eigenvalue weighted by atomic mass is 10.2. The Hall–Kier alpha value is -1.45. The van der Waals surface area contributed by atoms with Crippen LogP contribution in [0.15, 0.2) is 26.9 Å². The van der Waals surface area contributed by atoms with Crippen LogP contribution in [0.2, 0.25) is 0 Å². The lowest BCUT2D eigenvalue weighted by Crippen LogP contribution is -2.05. The van der Waals surface area contributed by atoms with Gasteiger partial charge in [0.05, 0.1) is 11.9 Å². The van der Waals surface area contributed by atoms with E-state index in [1.165, 1.54) is 0 Å². The van der Waals surface area contributed by atoms with Crippen LogP contribution < -0.4 is 5.73 Å². The molecular formula is C6H6N4. The van der Waals surface area contributed by atoms with Crippen molar-refractivity contribution < 1.29 is 0 Å². The molecule has 0 unspecified atom stereocenters. The molecule has 0 aromatic heterocycles. The van der Waals surface area contributed by atoms with E-state index in [0.717, 1.165) is 17.8 Å². The van der Waals surface area contributed by atoms with E-state index in [1.54, 1.807) is 12.4 Å². The van der Waals surface area contributed by atoms with Gasteiger partial charge in [-0.2, -0.15) is 0 Å². The molecule has 2 heterocycles. The number of nitrogens with two attached hydrogens (primary N) is 1. The minimum atomic E-state index is 0.340. The molecule has 2 aliphatic heterocycles. The third kappa shape index (κ3) is 0.655. The van der Waals surface area contributed by atoms with E-state index >= 15 is 0 Å². The standard InChI is InChI=1S/C6H6N4/c7-6-9-4-1-2-8-3-5(4)10-6/h2-3H,1H2,(H2,7,10). The molecule has 2 N–H and O–H groups in total. The van der Waals surface area contributed by atoms with Gasteiger partial charge in [-0.1, -0.05) is 0 Å². The van der Waals surface area contributed by atoms with Gasteiger partial charge in [-0.3, -0.25) is 4.99 Å². The number of allylic oxidation sites excluding steroid dienone is 1. The van der Waals surface area contributed by atoms with Crippen LogP contribution >= 0.6 is 0 Å². The van der Waals surface area contributed by atoms with Crippen LogP contribution in [-0.2, 0) is 0 Å². The zero-order valence-corrected chi connectivity index (χ0v) is 5.28. The van der Waals surface area contributed by atoms with E-state index in [0.29, 0.717) is 5.96 Å². The zero-order valence-electron chi connectivity index (χ0n) is 5.28. The highest BCUT2D eigenvalue weighted by molar-refractivity contribution is 6.16.